The summed E-state index contributed by atoms with van der Waals surface area (Å²) in [6.07, 6.45) is 11.7. The summed E-state index contributed by atoms with van der Waals surface area (Å²) in [4.78, 5) is 0. The van der Waals surface area contributed by atoms with Crippen LogP contribution in [0.1, 0.15) is 74.1 Å². The van der Waals surface area contributed by atoms with Gasteiger partial charge in [-0.3, -0.25) is 6.08 Å². The molecule has 170 valence electrons. The quantitative estimate of drug-likeness (QED) is 0.303. The van der Waals surface area contributed by atoms with E-state index in [-0.39, 0.29) is 59.9 Å². The van der Waals surface area contributed by atoms with Crippen LogP contribution < -0.4 is 30.1 Å². The maximum Gasteiger partial charge on any atom is 4.00 e. The summed E-state index contributed by atoms with van der Waals surface area (Å²) in [5, 5.41) is 4.48. The van der Waals surface area contributed by atoms with Gasteiger partial charge in [0.15, 0.2) is 0 Å². The summed E-state index contributed by atoms with van der Waals surface area (Å²) < 4.78 is 0. The van der Waals surface area contributed by atoms with Gasteiger partial charge in [0.1, 0.15) is 0 Å². The van der Waals surface area contributed by atoms with E-state index >= 15 is 0 Å². The van der Waals surface area contributed by atoms with Gasteiger partial charge in [0, 0.05) is 0 Å². The zero-order chi connectivity index (χ0) is 20.7. The van der Waals surface area contributed by atoms with Crippen molar-refractivity contribution in [1.29, 1.82) is 0 Å². The van der Waals surface area contributed by atoms with Gasteiger partial charge < -0.3 is 24.8 Å². The third-order valence-electron chi connectivity index (χ3n) is 6.09. The molecule has 2 aromatic carbocycles. The minimum absolute atomic E-state index is 0. The largest absolute Gasteiger partial charge is 4.00 e. The normalized spacial score (nSPS) is 14.3. The number of hydrogen-bond donors (Lipinski definition) is 0. The maximum absolute atomic E-state index is 3.44. The van der Waals surface area contributed by atoms with Gasteiger partial charge in [-0.05, 0) is 25.2 Å². The predicted molar refractivity (Wildman–Crippen MR) is 130 cm³/mol. The number of allylic oxidation sites excluding steroid dienone is 4. The van der Waals surface area contributed by atoms with Crippen molar-refractivity contribution in [3.8, 4) is 0 Å². The van der Waals surface area contributed by atoms with Crippen molar-refractivity contribution in [3.05, 3.63) is 59.2 Å². The van der Waals surface area contributed by atoms with Crippen LogP contribution in [0.5, 0.6) is 0 Å². The van der Waals surface area contributed by atoms with E-state index < -0.39 is 0 Å². The van der Waals surface area contributed by atoms with E-state index in [4.69, 9.17) is 0 Å². The number of rotatable bonds is 7. The maximum atomic E-state index is 3.44. The fourth-order valence-corrected chi connectivity index (χ4v) is 6.57. The van der Waals surface area contributed by atoms with Crippen molar-refractivity contribution >= 4 is 24.0 Å². The fraction of sp³-hybridized carbons (Fsp3) is 0.519. The number of benzene rings is 1. The van der Waals surface area contributed by atoms with Crippen LogP contribution in [0.3, 0.4) is 0 Å². The molecule has 3 rings (SSSR count). The Morgan fingerprint density at radius 2 is 1.48 bits per heavy atom. The summed E-state index contributed by atoms with van der Waals surface area (Å²) in [6.45, 7) is 15.5. The summed E-state index contributed by atoms with van der Waals surface area (Å²) in [5.41, 5.74) is 4.39. The van der Waals surface area contributed by atoms with Crippen molar-refractivity contribution in [2.24, 2.45) is 5.41 Å². The predicted octanol–water partition coefficient (Wildman–Crippen LogP) is 2.38. The Morgan fingerprint density at radius 1 is 0.935 bits per heavy atom. The zero-order valence-corrected chi connectivity index (χ0v) is 24.4. The first kappa shape index (κ1) is 33.2. The van der Waals surface area contributed by atoms with Gasteiger partial charge in [-0.25, -0.2) is 5.57 Å². The zero-order valence-electron chi connectivity index (χ0n) is 20.4. The molecule has 0 aromatic heterocycles. The summed E-state index contributed by atoms with van der Waals surface area (Å²) in [7, 11) is 0.0856. The molecule has 0 radical (unpaired) electrons. The van der Waals surface area contributed by atoms with Crippen LogP contribution in [-0.4, -0.2) is 12.3 Å². The number of fused-ring (bicyclic) bond motifs is 1. The molecular weight excluding hydrogens is 474 g/mol. The Hall–Kier alpha value is 0.0343. The number of unbranched alkanes of at least 4 members (excludes halogenated alkanes) is 2. The third kappa shape index (κ3) is 9.43. The Kier molecular flexibility index (Phi) is 16.9. The van der Waals surface area contributed by atoms with Crippen LogP contribution in [0.2, 0.25) is 0 Å². The van der Waals surface area contributed by atoms with Crippen molar-refractivity contribution < 1.29 is 46.5 Å². The molecule has 1 aliphatic rings. The first-order valence-corrected chi connectivity index (χ1v) is 12.7. The van der Waals surface area contributed by atoms with Gasteiger partial charge in [0.25, 0.3) is 0 Å². The number of hydrogen-bond acceptors (Lipinski definition) is 0. The molecule has 4 heteroatoms. The van der Waals surface area contributed by atoms with Gasteiger partial charge >= 0.3 is 21.7 Å². The van der Waals surface area contributed by atoms with E-state index in [2.05, 4.69) is 90.9 Å². The van der Waals surface area contributed by atoms with E-state index in [1.807, 2.05) is 0 Å². The smallest absolute Gasteiger partial charge is 1.00 e. The second-order valence-corrected chi connectivity index (χ2v) is 11.2. The third-order valence-corrected chi connectivity index (χ3v) is 8.79. The standard InChI is InChI=1S/C17H24P.C10H15.2ClH.Ti/c1-3-5-11-18(12-6-4-2)17-13-15-9-7-8-10-16(15)14-17;1-7-6-10(4,5)9(3)8(7)2;;;/h7-10,13-14H,3-6,11-12H2,1-2H3;1-5H3;2*1H;/q2*-1;;;+4/p-2. The molecule has 0 nitrogen and oxygen atoms in total. The monoisotopic (exact) mass is 512 g/mol. The molecule has 0 atom stereocenters. The van der Waals surface area contributed by atoms with E-state index in [1.165, 1.54) is 65.5 Å². The minimum Gasteiger partial charge on any atom is -1.00 e. The first-order valence-electron chi connectivity index (χ1n) is 11.0. The van der Waals surface area contributed by atoms with E-state index in [9.17, 15) is 0 Å². The second kappa shape index (κ2) is 15.8. The molecule has 0 amide bonds. The van der Waals surface area contributed by atoms with E-state index in [0.29, 0.717) is 0 Å². The molecule has 0 aliphatic heterocycles. The molecule has 0 bridgehead atoms. The van der Waals surface area contributed by atoms with Crippen LogP contribution in [0, 0.1) is 11.5 Å². The molecular formula is C27H39Cl2PTi. The second-order valence-electron chi connectivity index (χ2n) is 8.66. The van der Waals surface area contributed by atoms with Gasteiger partial charge in [0.2, 0.25) is 0 Å². The van der Waals surface area contributed by atoms with Crippen LogP contribution >= 0.6 is 7.92 Å². The molecule has 31 heavy (non-hydrogen) atoms. The van der Waals surface area contributed by atoms with Crippen LogP contribution in [0.4, 0.5) is 0 Å². The first-order chi connectivity index (χ1) is 13.3. The van der Waals surface area contributed by atoms with Crippen LogP contribution in [0.15, 0.2) is 53.1 Å². The van der Waals surface area contributed by atoms with Gasteiger partial charge in [-0.15, -0.1) is 47.3 Å². The molecule has 0 saturated heterocycles. The molecule has 2 aromatic rings. The number of halogens is 2. The average Bonchev–Trinajstić information content (AvgIpc) is 3.17. The minimum atomic E-state index is 0. The Bertz CT molecular complexity index is 792. The molecule has 0 N–H and O–H groups in total. The molecule has 1 aliphatic carbocycles. The summed E-state index contributed by atoms with van der Waals surface area (Å²) in [6, 6.07) is 13.6. The van der Waals surface area contributed by atoms with E-state index in [0.717, 1.165) is 0 Å². The van der Waals surface area contributed by atoms with Crippen molar-refractivity contribution in [2.45, 2.75) is 74.1 Å². The molecule has 0 fully saturated rings. The van der Waals surface area contributed by atoms with Crippen molar-refractivity contribution in [2.75, 3.05) is 12.3 Å². The average molecular weight is 513 g/mol. The molecule has 0 heterocycles. The molecule has 0 spiro atoms. The van der Waals surface area contributed by atoms with Crippen molar-refractivity contribution in [1.82, 2.24) is 0 Å². The SMILES string of the molecule is CC1=[C-]C(C)(C)C(C)=C1C.CCCCP(CCCC)c1cc2ccccc2[cH-]1.[Cl-].[Cl-].[Ti+4]. The van der Waals surface area contributed by atoms with E-state index in [1.54, 1.807) is 5.30 Å². The molecule has 0 saturated carbocycles. The Balaban J connectivity index is 0. The molecule has 0 unspecified atom stereocenters. The van der Waals surface area contributed by atoms with Gasteiger partial charge in [-0.1, -0.05) is 73.8 Å². The fourth-order valence-electron chi connectivity index (χ4n) is 3.79. The summed E-state index contributed by atoms with van der Waals surface area (Å²) >= 11 is 0. The topological polar surface area (TPSA) is 0 Å². The Labute approximate surface area is 220 Å². The summed E-state index contributed by atoms with van der Waals surface area (Å²) in [5.74, 6) is 0. The van der Waals surface area contributed by atoms with Crippen molar-refractivity contribution in [3.63, 3.8) is 0 Å². The van der Waals surface area contributed by atoms with Crippen LogP contribution in [-0.2, 0) is 21.7 Å². The Morgan fingerprint density at radius 3 is 1.87 bits per heavy atom. The van der Waals surface area contributed by atoms with Gasteiger partial charge in [0.05, 0.1) is 0 Å². The van der Waals surface area contributed by atoms with Gasteiger partial charge in [-0.2, -0.15) is 17.2 Å². The van der Waals surface area contributed by atoms with Crippen LogP contribution in [0.25, 0.3) is 10.8 Å².